The van der Waals surface area contributed by atoms with Gasteiger partial charge < -0.3 is 4.57 Å². The standard InChI is InChI=1S/C14H14N4OS2/c1-3-7-20-14-16-15-13-17(2)12-10(11(19)18(13)14)8-5-4-6-9(8)21-12/h3H,1,4-7H2,2H3. The predicted octanol–water partition coefficient (Wildman–Crippen LogP) is 2.41. The van der Waals surface area contributed by atoms with Crippen LogP contribution < -0.4 is 5.56 Å². The number of nitrogens with zero attached hydrogens (tertiary/aromatic N) is 4. The number of thioether (sulfide) groups is 1. The van der Waals surface area contributed by atoms with Gasteiger partial charge in [0.1, 0.15) is 4.83 Å². The Morgan fingerprint density at radius 2 is 2.29 bits per heavy atom. The molecule has 0 amide bonds. The summed E-state index contributed by atoms with van der Waals surface area (Å²) in [4.78, 5) is 15.3. The smallest absolute Gasteiger partial charge is 0.270 e. The van der Waals surface area contributed by atoms with Crippen LogP contribution in [0.5, 0.6) is 0 Å². The van der Waals surface area contributed by atoms with Gasteiger partial charge in [-0.1, -0.05) is 17.8 Å². The molecule has 0 aromatic carbocycles. The lowest BCUT2D eigenvalue weighted by Gasteiger charge is -2.05. The zero-order chi connectivity index (χ0) is 14.6. The molecule has 0 saturated carbocycles. The summed E-state index contributed by atoms with van der Waals surface area (Å²) in [5.41, 5.74) is 1.26. The summed E-state index contributed by atoms with van der Waals surface area (Å²) < 4.78 is 3.63. The molecular formula is C14H14N4OS2. The van der Waals surface area contributed by atoms with E-state index in [1.165, 1.54) is 22.2 Å². The summed E-state index contributed by atoms with van der Waals surface area (Å²) in [6.45, 7) is 3.71. The molecule has 0 N–H and O–H groups in total. The molecule has 1 aliphatic rings. The van der Waals surface area contributed by atoms with Gasteiger partial charge in [0.15, 0.2) is 5.16 Å². The SMILES string of the molecule is C=CCSc1nnc2n(C)c3sc4c(c3c(=O)n12)CCC4. The minimum atomic E-state index is 0.0223. The van der Waals surface area contributed by atoms with Crippen LogP contribution >= 0.6 is 23.1 Å². The Balaban J connectivity index is 2.11. The van der Waals surface area contributed by atoms with Gasteiger partial charge >= 0.3 is 0 Å². The van der Waals surface area contributed by atoms with Crippen molar-refractivity contribution in [1.29, 1.82) is 0 Å². The van der Waals surface area contributed by atoms with Crippen molar-refractivity contribution in [2.24, 2.45) is 7.05 Å². The maximum absolute atomic E-state index is 12.9. The van der Waals surface area contributed by atoms with Crippen LogP contribution in [0.15, 0.2) is 22.6 Å². The van der Waals surface area contributed by atoms with Crippen molar-refractivity contribution in [1.82, 2.24) is 19.2 Å². The predicted molar refractivity (Wildman–Crippen MR) is 86.6 cm³/mol. The molecule has 108 valence electrons. The van der Waals surface area contributed by atoms with Gasteiger partial charge in [-0.25, -0.2) is 4.40 Å². The normalized spacial score (nSPS) is 14.1. The van der Waals surface area contributed by atoms with E-state index in [-0.39, 0.29) is 5.56 Å². The Labute approximate surface area is 129 Å². The molecule has 3 aromatic heterocycles. The number of aryl methyl sites for hydroxylation is 3. The molecular weight excluding hydrogens is 304 g/mol. The topological polar surface area (TPSA) is 52.2 Å². The summed E-state index contributed by atoms with van der Waals surface area (Å²) in [5, 5.41) is 9.86. The second kappa shape index (κ2) is 4.71. The molecule has 0 radical (unpaired) electrons. The molecule has 1 aliphatic carbocycles. The van der Waals surface area contributed by atoms with E-state index in [4.69, 9.17) is 0 Å². The van der Waals surface area contributed by atoms with Crippen molar-refractivity contribution in [3.05, 3.63) is 33.4 Å². The molecule has 5 nitrogen and oxygen atoms in total. The summed E-state index contributed by atoms with van der Waals surface area (Å²) in [5.74, 6) is 1.32. The second-order valence-electron chi connectivity index (χ2n) is 5.12. The quantitative estimate of drug-likeness (QED) is 0.550. The molecule has 4 rings (SSSR count). The van der Waals surface area contributed by atoms with Gasteiger partial charge in [0.2, 0.25) is 5.78 Å². The minimum Gasteiger partial charge on any atom is -0.304 e. The maximum atomic E-state index is 12.9. The third-order valence-electron chi connectivity index (χ3n) is 3.87. The Hall–Kier alpha value is -1.60. The number of aromatic nitrogens is 4. The fraction of sp³-hybridized carbons (Fsp3) is 0.357. The van der Waals surface area contributed by atoms with E-state index >= 15 is 0 Å². The van der Waals surface area contributed by atoms with Crippen LogP contribution in [0.25, 0.3) is 16.0 Å². The van der Waals surface area contributed by atoms with Crippen LogP contribution in [0.3, 0.4) is 0 Å². The number of hydrogen-bond donors (Lipinski definition) is 0. The first kappa shape index (κ1) is 13.1. The van der Waals surface area contributed by atoms with E-state index in [0.29, 0.717) is 16.7 Å². The third kappa shape index (κ3) is 1.74. The number of thiophene rings is 1. The molecule has 21 heavy (non-hydrogen) atoms. The largest absolute Gasteiger partial charge is 0.304 e. The molecule has 3 heterocycles. The van der Waals surface area contributed by atoms with Crippen molar-refractivity contribution in [2.45, 2.75) is 24.4 Å². The number of rotatable bonds is 3. The molecule has 3 aromatic rings. The fourth-order valence-electron chi connectivity index (χ4n) is 2.93. The van der Waals surface area contributed by atoms with E-state index < -0.39 is 0 Å². The van der Waals surface area contributed by atoms with Gasteiger partial charge in [0.25, 0.3) is 5.56 Å². The minimum absolute atomic E-state index is 0.0223. The molecule has 0 unspecified atom stereocenters. The lowest BCUT2D eigenvalue weighted by molar-refractivity contribution is 0.872. The van der Waals surface area contributed by atoms with E-state index in [2.05, 4.69) is 16.8 Å². The molecule has 0 aliphatic heterocycles. The zero-order valence-corrected chi connectivity index (χ0v) is 13.3. The Bertz CT molecular complexity index is 934. The Kier molecular flexibility index (Phi) is 2.93. The van der Waals surface area contributed by atoms with Crippen molar-refractivity contribution >= 4 is 39.1 Å². The number of hydrogen-bond acceptors (Lipinski definition) is 5. The summed E-state index contributed by atoms with van der Waals surface area (Å²) >= 11 is 3.21. The molecule has 0 fully saturated rings. The fourth-order valence-corrected chi connectivity index (χ4v) is 4.93. The van der Waals surface area contributed by atoms with Gasteiger partial charge in [-0.05, 0) is 24.8 Å². The van der Waals surface area contributed by atoms with Crippen LogP contribution in [0.1, 0.15) is 16.9 Å². The lowest BCUT2D eigenvalue weighted by Crippen LogP contribution is -2.18. The van der Waals surface area contributed by atoms with Crippen molar-refractivity contribution < 1.29 is 0 Å². The Morgan fingerprint density at radius 1 is 1.43 bits per heavy atom. The van der Waals surface area contributed by atoms with E-state index in [9.17, 15) is 4.79 Å². The second-order valence-corrected chi connectivity index (χ2v) is 7.19. The van der Waals surface area contributed by atoms with Gasteiger partial charge in [0.05, 0.1) is 5.39 Å². The molecule has 0 saturated heterocycles. The zero-order valence-electron chi connectivity index (χ0n) is 11.6. The highest BCUT2D eigenvalue weighted by atomic mass is 32.2. The van der Waals surface area contributed by atoms with Gasteiger partial charge in [-0.3, -0.25) is 4.79 Å². The molecule has 7 heteroatoms. The van der Waals surface area contributed by atoms with Crippen LogP contribution in [-0.2, 0) is 19.9 Å². The lowest BCUT2D eigenvalue weighted by atomic mass is 10.2. The van der Waals surface area contributed by atoms with Crippen molar-refractivity contribution in [2.75, 3.05) is 5.75 Å². The monoisotopic (exact) mass is 318 g/mol. The van der Waals surface area contributed by atoms with E-state index in [1.807, 2.05) is 11.6 Å². The highest BCUT2D eigenvalue weighted by Crippen LogP contribution is 2.36. The van der Waals surface area contributed by atoms with Crippen LogP contribution in [-0.4, -0.2) is 24.9 Å². The number of fused-ring (bicyclic) bond motifs is 4. The molecule has 0 atom stereocenters. The van der Waals surface area contributed by atoms with Crippen LogP contribution in [0.2, 0.25) is 0 Å². The van der Waals surface area contributed by atoms with Crippen LogP contribution in [0.4, 0.5) is 0 Å². The summed E-state index contributed by atoms with van der Waals surface area (Å²) in [6.07, 6.45) is 5.05. The highest BCUT2D eigenvalue weighted by Gasteiger charge is 2.24. The highest BCUT2D eigenvalue weighted by molar-refractivity contribution is 7.99. The van der Waals surface area contributed by atoms with Gasteiger partial charge in [0, 0.05) is 17.7 Å². The van der Waals surface area contributed by atoms with Crippen molar-refractivity contribution in [3.63, 3.8) is 0 Å². The summed E-state index contributed by atoms with van der Waals surface area (Å²) in [6, 6.07) is 0. The van der Waals surface area contributed by atoms with Gasteiger partial charge in [-0.15, -0.1) is 28.1 Å². The molecule has 0 bridgehead atoms. The Morgan fingerprint density at radius 3 is 3.10 bits per heavy atom. The first-order chi connectivity index (χ1) is 10.2. The van der Waals surface area contributed by atoms with Gasteiger partial charge in [-0.2, -0.15) is 0 Å². The average molecular weight is 318 g/mol. The van der Waals surface area contributed by atoms with E-state index in [1.54, 1.807) is 21.8 Å². The van der Waals surface area contributed by atoms with Crippen LogP contribution in [0, 0.1) is 0 Å². The first-order valence-electron chi connectivity index (χ1n) is 6.84. The summed E-state index contributed by atoms with van der Waals surface area (Å²) in [7, 11) is 1.96. The molecule has 0 spiro atoms. The third-order valence-corrected chi connectivity index (χ3v) is 6.16. The van der Waals surface area contributed by atoms with E-state index in [0.717, 1.165) is 29.5 Å². The first-order valence-corrected chi connectivity index (χ1v) is 8.64. The average Bonchev–Trinajstić information content (AvgIpc) is 3.15. The maximum Gasteiger partial charge on any atom is 0.270 e. The van der Waals surface area contributed by atoms with Crippen molar-refractivity contribution in [3.8, 4) is 0 Å².